The van der Waals surface area contributed by atoms with Crippen molar-refractivity contribution in [3.8, 4) is 0 Å². The Morgan fingerprint density at radius 2 is 1.78 bits per heavy atom. The predicted octanol–water partition coefficient (Wildman–Crippen LogP) is 3.32. The first-order chi connectivity index (χ1) is 22.2. The Hall–Kier alpha value is -4.10. The fraction of sp³-hybridized carbons (Fsp3) is 0.515. The summed E-state index contributed by atoms with van der Waals surface area (Å²) in [4.78, 5) is 64.2. The molecular weight excluding hydrogens is 606 g/mol. The highest BCUT2D eigenvalue weighted by atomic mass is 32.1. The van der Waals surface area contributed by atoms with E-state index in [1.807, 2.05) is 44.2 Å². The highest BCUT2D eigenvalue weighted by molar-refractivity contribution is 7.09. The molecule has 4 N–H and O–H groups in total. The van der Waals surface area contributed by atoms with Crippen LogP contribution in [0.1, 0.15) is 94.8 Å². The van der Waals surface area contributed by atoms with Gasteiger partial charge in [0.15, 0.2) is 5.69 Å². The summed E-state index contributed by atoms with van der Waals surface area (Å²) in [5.41, 5.74) is 1.36. The Morgan fingerprint density at radius 3 is 2.52 bits per heavy atom. The molecule has 0 unspecified atom stereocenters. The summed E-state index contributed by atoms with van der Waals surface area (Å²) in [6, 6.07) is 8.63. The molecule has 0 spiro atoms. The summed E-state index contributed by atoms with van der Waals surface area (Å²) in [6.45, 7) is 8.14. The van der Waals surface area contributed by atoms with Crippen LogP contribution in [0.25, 0.3) is 0 Å². The van der Waals surface area contributed by atoms with Crippen molar-refractivity contribution in [2.75, 3.05) is 32.7 Å². The molecule has 2 aliphatic heterocycles. The van der Waals surface area contributed by atoms with E-state index in [1.54, 1.807) is 17.2 Å². The lowest BCUT2D eigenvalue weighted by Gasteiger charge is -2.30. The van der Waals surface area contributed by atoms with E-state index in [1.165, 1.54) is 11.3 Å². The third kappa shape index (κ3) is 8.38. The number of thiazole rings is 1. The molecule has 3 aromatic rings. The summed E-state index contributed by atoms with van der Waals surface area (Å²) >= 11 is 1.30. The second-order valence-corrected chi connectivity index (χ2v) is 13.1. The van der Waals surface area contributed by atoms with Crippen LogP contribution in [0.2, 0.25) is 0 Å². The van der Waals surface area contributed by atoms with Crippen LogP contribution in [-0.2, 0) is 16.0 Å². The number of hydrogen-bond donors (Lipinski definition) is 4. The van der Waals surface area contributed by atoms with Crippen molar-refractivity contribution in [1.29, 1.82) is 0 Å². The zero-order valence-electron chi connectivity index (χ0n) is 26.6. The van der Waals surface area contributed by atoms with Gasteiger partial charge in [0.2, 0.25) is 17.7 Å². The van der Waals surface area contributed by atoms with Gasteiger partial charge in [0.1, 0.15) is 22.5 Å². The van der Waals surface area contributed by atoms with E-state index >= 15 is 0 Å². The van der Waals surface area contributed by atoms with E-state index < -0.39 is 18.0 Å². The van der Waals surface area contributed by atoms with Crippen LogP contribution in [0.15, 0.2) is 40.1 Å². The molecule has 0 radical (unpaired) electrons. The van der Waals surface area contributed by atoms with Crippen molar-refractivity contribution < 1.29 is 23.6 Å². The molecule has 13 heteroatoms. The van der Waals surface area contributed by atoms with Crippen LogP contribution in [0, 0.1) is 18.8 Å². The van der Waals surface area contributed by atoms with Gasteiger partial charge in [0, 0.05) is 43.8 Å². The lowest BCUT2D eigenvalue weighted by atomic mass is 9.96. The number of carbonyl (C=O) groups excluding carboxylic acids is 4. The molecule has 2 aliphatic rings. The number of benzene rings is 1. The standard InChI is InChI=1S/C33H43N7O5S/c1-20(2)27-32-37-25(19-46-32)29(42)35-15-17-40(33(44)23-11-13-34-14-12-23)16-7-10-26(41)36-24(18-22-8-5-4-6-9-22)31-39-28(21(3)45-31)30(43)38-27/h4-6,8-9,19-20,23-24,27,34H,7,10-18H2,1-3H3,(H,35,42)(H,36,41)(H,38,43)/t24-,27-/m0/s1. The second-order valence-electron chi connectivity index (χ2n) is 12.2. The first kappa shape index (κ1) is 33.3. The molecule has 0 aliphatic carbocycles. The van der Waals surface area contributed by atoms with Crippen LogP contribution < -0.4 is 21.3 Å². The lowest BCUT2D eigenvalue weighted by Crippen LogP contribution is -2.44. The molecule has 4 heterocycles. The second kappa shape index (κ2) is 15.5. The van der Waals surface area contributed by atoms with Gasteiger partial charge in [-0.3, -0.25) is 19.2 Å². The van der Waals surface area contributed by atoms with E-state index in [4.69, 9.17) is 4.42 Å². The van der Waals surface area contributed by atoms with Gasteiger partial charge >= 0.3 is 0 Å². The first-order valence-corrected chi connectivity index (χ1v) is 16.9. The van der Waals surface area contributed by atoms with Gasteiger partial charge in [0.05, 0.1) is 6.04 Å². The summed E-state index contributed by atoms with van der Waals surface area (Å²) in [6.07, 6.45) is 2.56. The molecule has 5 rings (SSSR count). The highest BCUT2D eigenvalue weighted by Crippen LogP contribution is 2.27. The lowest BCUT2D eigenvalue weighted by molar-refractivity contribution is -0.136. The minimum absolute atomic E-state index is 0.0322. The van der Waals surface area contributed by atoms with Crippen LogP contribution in [0.5, 0.6) is 0 Å². The number of nitrogens with one attached hydrogen (secondary N) is 4. The van der Waals surface area contributed by atoms with Crippen LogP contribution in [0.4, 0.5) is 0 Å². The smallest absolute Gasteiger partial charge is 0.274 e. The van der Waals surface area contributed by atoms with Gasteiger partial charge in [-0.2, -0.15) is 0 Å². The molecule has 246 valence electrons. The van der Waals surface area contributed by atoms with Gasteiger partial charge in [-0.25, -0.2) is 9.97 Å². The number of piperidine rings is 1. The largest absolute Gasteiger partial charge is 0.443 e. The number of hydrogen-bond acceptors (Lipinski definition) is 9. The van der Waals surface area contributed by atoms with Gasteiger partial charge < -0.3 is 30.6 Å². The maximum Gasteiger partial charge on any atom is 0.274 e. The number of nitrogens with zero attached hydrogens (tertiary/aromatic N) is 3. The van der Waals surface area contributed by atoms with Crippen molar-refractivity contribution >= 4 is 35.0 Å². The monoisotopic (exact) mass is 649 g/mol. The van der Waals surface area contributed by atoms with E-state index in [2.05, 4.69) is 31.2 Å². The minimum atomic E-state index is -0.606. The van der Waals surface area contributed by atoms with Crippen molar-refractivity contribution in [2.24, 2.45) is 11.8 Å². The number of oxazole rings is 1. The van der Waals surface area contributed by atoms with Gasteiger partial charge in [0.25, 0.3) is 11.8 Å². The fourth-order valence-electron chi connectivity index (χ4n) is 5.84. The predicted molar refractivity (Wildman–Crippen MR) is 173 cm³/mol. The van der Waals surface area contributed by atoms with Gasteiger partial charge in [-0.05, 0) is 50.8 Å². The Balaban J connectivity index is 1.43. The maximum atomic E-state index is 13.5. The Morgan fingerprint density at radius 1 is 1.02 bits per heavy atom. The average Bonchev–Trinajstić information content (AvgIpc) is 3.70. The zero-order chi connectivity index (χ0) is 32.6. The Bertz CT molecular complexity index is 1520. The van der Waals surface area contributed by atoms with E-state index in [0.29, 0.717) is 36.7 Å². The van der Waals surface area contributed by atoms with E-state index in [0.717, 1.165) is 31.5 Å². The fourth-order valence-corrected chi connectivity index (χ4v) is 6.86. The number of fused-ring (bicyclic) bond motifs is 4. The maximum absolute atomic E-state index is 13.5. The molecule has 46 heavy (non-hydrogen) atoms. The number of aromatic nitrogens is 2. The molecule has 4 amide bonds. The number of rotatable bonds is 4. The third-order valence-corrected chi connectivity index (χ3v) is 9.35. The zero-order valence-corrected chi connectivity index (χ0v) is 27.5. The molecule has 12 nitrogen and oxygen atoms in total. The molecule has 4 bridgehead atoms. The summed E-state index contributed by atoms with van der Waals surface area (Å²) in [5.74, 6) is -0.474. The molecule has 1 aromatic carbocycles. The molecule has 2 aromatic heterocycles. The van der Waals surface area contributed by atoms with Crippen LogP contribution in [-0.4, -0.2) is 71.2 Å². The Labute approximate surface area is 273 Å². The van der Waals surface area contributed by atoms with Crippen LogP contribution >= 0.6 is 11.3 Å². The molecule has 2 atom stereocenters. The minimum Gasteiger partial charge on any atom is -0.443 e. The quantitative estimate of drug-likeness (QED) is 0.335. The SMILES string of the molecule is Cc1oc2nc1C(=O)N[C@@H](C(C)C)c1nc(cs1)C(=O)NCCN(C(=O)C1CCNCC1)CCCC(=O)N[C@H]2Cc1ccccc1. The third-order valence-electron chi connectivity index (χ3n) is 8.42. The van der Waals surface area contributed by atoms with Gasteiger partial charge in [-0.1, -0.05) is 44.2 Å². The number of amides is 4. The highest BCUT2D eigenvalue weighted by Gasteiger charge is 2.30. The van der Waals surface area contributed by atoms with Crippen LogP contribution in [0.3, 0.4) is 0 Å². The summed E-state index contributed by atoms with van der Waals surface area (Å²) in [5, 5.41) is 14.6. The summed E-state index contributed by atoms with van der Waals surface area (Å²) < 4.78 is 6.01. The number of carbonyl (C=O) groups is 4. The topological polar surface area (TPSA) is 159 Å². The normalized spacial score (nSPS) is 21.0. The molecule has 1 fully saturated rings. The van der Waals surface area contributed by atoms with Crippen molar-refractivity contribution in [2.45, 2.75) is 65.0 Å². The Kier molecular flexibility index (Phi) is 11.2. The summed E-state index contributed by atoms with van der Waals surface area (Å²) in [7, 11) is 0. The molecule has 0 saturated carbocycles. The molecule has 1 saturated heterocycles. The average molecular weight is 650 g/mol. The van der Waals surface area contributed by atoms with Crippen molar-refractivity contribution in [1.82, 2.24) is 36.1 Å². The van der Waals surface area contributed by atoms with Crippen molar-refractivity contribution in [3.63, 3.8) is 0 Å². The van der Waals surface area contributed by atoms with Gasteiger partial charge in [-0.15, -0.1) is 11.3 Å². The molecular formula is C33H43N7O5S. The number of aryl methyl sites for hydroxylation is 1. The first-order valence-electron chi connectivity index (χ1n) is 16.0. The van der Waals surface area contributed by atoms with E-state index in [9.17, 15) is 19.2 Å². The van der Waals surface area contributed by atoms with E-state index in [-0.39, 0.29) is 59.8 Å². The van der Waals surface area contributed by atoms with Crippen molar-refractivity contribution in [3.05, 3.63) is 69.3 Å².